The Balaban J connectivity index is 1.52. The fraction of sp³-hybridized carbons (Fsp3) is 0.429. The number of aryl methyl sites for hydroxylation is 3. The first-order valence-corrected chi connectivity index (χ1v) is 10.2. The molecule has 2 heterocycles. The molecule has 160 valence electrons. The predicted octanol–water partition coefficient (Wildman–Crippen LogP) is 2.44. The summed E-state index contributed by atoms with van der Waals surface area (Å²) in [6, 6.07) is 9.75. The molecule has 3 rings (SSSR count). The first-order valence-electron chi connectivity index (χ1n) is 10.2. The van der Waals surface area contributed by atoms with Crippen LogP contribution in [0.5, 0.6) is 5.75 Å². The molecule has 3 aromatic rings. The minimum atomic E-state index is 0.413. The van der Waals surface area contributed by atoms with Gasteiger partial charge in [0.1, 0.15) is 18.1 Å². The number of benzene rings is 1. The second kappa shape index (κ2) is 10.4. The smallest absolute Gasteiger partial charge is 0.191 e. The molecule has 2 aromatic heterocycles. The molecular formula is C21H30N8O. The van der Waals surface area contributed by atoms with Gasteiger partial charge in [0.2, 0.25) is 0 Å². The van der Waals surface area contributed by atoms with Gasteiger partial charge >= 0.3 is 0 Å². The molecular weight excluding hydrogens is 380 g/mol. The summed E-state index contributed by atoms with van der Waals surface area (Å²) in [4.78, 5) is 9.14. The van der Waals surface area contributed by atoms with Crippen molar-refractivity contribution in [2.75, 3.05) is 20.2 Å². The first-order chi connectivity index (χ1) is 14.6. The summed E-state index contributed by atoms with van der Waals surface area (Å²) in [5.74, 6) is 2.91. The number of rotatable bonds is 9. The third-order valence-corrected chi connectivity index (χ3v) is 4.55. The number of aromatic nitrogens is 5. The number of hydrogen-bond acceptors (Lipinski definition) is 5. The maximum Gasteiger partial charge on any atom is 0.191 e. The highest BCUT2D eigenvalue weighted by atomic mass is 16.5. The summed E-state index contributed by atoms with van der Waals surface area (Å²) in [6.45, 7) is 9.02. The van der Waals surface area contributed by atoms with Gasteiger partial charge in [-0.25, -0.2) is 9.98 Å². The second-order valence-corrected chi connectivity index (χ2v) is 6.96. The van der Waals surface area contributed by atoms with Crippen molar-refractivity contribution >= 4 is 5.96 Å². The van der Waals surface area contributed by atoms with E-state index in [1.807, 2.05) is 42.8 Å². The highest BCUT2D eigenvalue weighted by molar-refractivity contribution is 5.79. The third-order valence-electron chi connectivity index (χ3n) is 4.55. The lowest BCUT2D eigenvalue weighted by atomic mass is 10.2. The molecule has 9 nitrogen and oxygen atoms in total. The van der Waals surface area contributed by atoms with Crippen molar-refractivity contribution in [3.05, 3.63) is 47.5 Å². The van der Waals surface area contributed by atoms with Gasteiger partial charge in [0.05, 0.1) is 12.8 Å². The molecule has 0 amide bonds. The van der Waals surface area contributed by atoms with Crippen LogP contribution in [0.1, 0.15) is 30.6 Å². The number of nitrogens with zero attached hydrogens (tertiary/aromatic N) is 5. The Morgan fingerprint density at radius 1 is 1.20 bits per heavy atom. The minimum Gasteiger partial charge on any atom is -0.497 e. The monoisotopic (exact) mass is 410 g/mol. The van der Waals surface area contributed by atoms with E-state index in [9.17, 15) is 0 Å². The van der Waals surface area contributed by atoms with Gasteiger partial charge in [0, 0.05) is 30.9 Å². The van der Waals surface area contributed by atoms with Crippen LogP contribution >= 0.6 is 0 Å². The number of hydrogen-bond donors (Lipinski definition) is 3. The average molecular weight is 411 g/mol. The zero-order chi connectivity index (χ0) is 21.3. The van der Waals surface area contributed by atoms with E-state index in [1.54, 1.807) is 7.11 Å². The van der Waals surface area contributed by atoms with E-state index in [1.165, 1.54) is 5.69 Å². The maximum absolute atomic E-state index is 5.19. The van der Waals surface area contributed by atoms with Crippen molar-refractivity contribution in [1.29, 1.82) is 0 Å². The second-order valence-electron chi connectivity index (χ2n) is 6.96. The SMILES string of the molecule is CCNC(=NCc1nc(-c2ccc(OC)cc2)n[nH]1)NCCCn1nc(C)cc1C. The largest absolute Gasteiger partial charge is 0.497 e. The Kier molecular flexibility index (Phi) is 7.42. The van der Waals surface area contributed by atoms with Crippen molar-refractivity contribution in [1.82, 2.24) is 35.6 Å². The number of methoxy groups -OCH3 is 1. The Hall–Kier alpha value is -3.36. The molecule has 0 aliphatic carbocycles. The number of guanidine groups is 1. The highest BCUT2D eigenvalue weighted by Crippen LogP contribution is 2.19. The number of nitrogens with one attached hydrogen (secondary N) is 3. The minimum absolute atomic E-state index is 0.413. The first kappa shape index (κ1) is 21.4. The van der Waals surface area contributed by atoms with Gasteiger partial charge in [0.15, 0.2) is 11.8 Å². The van der Waals surface area contributed by atoms with Crippen LogP contribution in [0, 0.1) is 13.8 Å². The van der Waals surface area contributed by atoms with Gasteiger partial charge in [-0.2, -0.15) is 10.2 Å². The van der Waals surface area contributed by atoms with Gasteiger partial charge in [-0.15, -0.1) is 0 Å². The number of aliphatic imine (C=N–C) groups is 1. The summed E-state index contributed by atoms with van der Waals surface area (Å²) in [5, 5.41) is 18.4. The third kappa shape index (κ3) is 5.82. The molecule has 1 aromatic carbocycles. The van der Waals surface area contributed by atoms with Crippen molar-refractivity contribution in [3.63, 3.8) is 0 Å². The van der Waals surface area contributed by atoms with Crippen LogP contribution < -0.4 is 15.4 Å². The summed E-state index contributed by atoms with van der Waals surface area (Å²) in [7, 11) is 1.65. The Bertz CT molecular complexity index is 958. The van der Waals surface area contributed by atoms with E-state index >= 15 is 0 Å². The van der Waals surface area contributed by atoms with E-state index in [4.69, 9.17) is 4.74 Å². The van der Waals surface area contributed by atoms with Gasteiger partial charge in [-0.3, -0.25) is 9.78 Å². The molecule has 0 radical (unpaired) electrons. The van der Waals surface area contributed by atoms with Crippen molar-refractivity contribution in [3.8, 4) is 17.1 Å². The zero-order valence-corrected chi connectivity index (χ0v) is 18.1. The quantitative estimate of drug-likeness (QED) is 0.284. The standard InChI is InChI=1S/C21H30N8O/c1-5-22-21(23-11-6-12-29-16(3)13-15(2)28-29)24-14-19-25-20(27-26-19)17-7-9-18(30-4)10-8-17/h7-10,13H,5-6,11-12,14H2,1-4H3,(H2,22,23,24)(H,25,26,27). The van der Waals surface area contributed by atoms with Gasteiger partial charge in [-0.1, -0.05) is 0 Å². The zero-order valence-electron chi connectivity index (χ0n) is 18.1. The van der Waals surface area contributed by atoms with E-state index in [0.717, 1.165) is 49.0 Å². The molecule has 0 unspecified atom stereocenters. The molecule has 0 atom stereocenters. The van der Waals surface area contributed by atoms with Crippen molar-refractivity contribution in [2.45, 2.75) is 40.3 Å². The molecule has 30 heavy (non-hydrogen) atoms. The molecule has 0 bridgehead atoms. The number of ether oxygens (including phenoxy) is 1. The fourth-order valence-electron chi connectivity index (χ4n) is 3.07. The van der Waals surface area contributed by atoms with E-state index in [2.05, 4.69) is 48.9 Å². The summed E-state index contributed by atoms with van der Waals surface area (Å²) >= 11 is 0. The summed E-state index contributed by atoms with van der Waals surface area (Å²) in [5.41, 5.74) is 3.17. The van der Waals surface area contributed by atoms with Gasteiger partial charge in [-0.05, 0) is 57.5 Å². The van der Waals surface area contributed by atoms with Crippen LogP contribution in [0.4, 0.5) is 0 Å². The lowest BCUT2D eigenvalue weighted by molar-refractivity contribution is 0.415. The molecule has 0 aliphatic heterocycles. The normalized spacial score (nSPS) is 11.5. The van der Waals surface area contributed by atoms with E-state index < -0.39 is 0 Å². The predicted molar refractivity (Wildman–Crippen MR) is 118 cm³/mol. The Morgan fingerprint density at radius 3 is 2.67 bits per heavy atom. The fourth-order valence-corrected chi connectivity index (χ4v) is 3.07. The van der Waals surface area contributed by atoms with E-state index in [-0.39, 0.29) is 0 Å². The molecule has 0 saturated heterocycles. The lowest BCUT2D eigenvalue weighted by Crippen LogP contribution is -2.38. The van der Waals surface area contributed by atoms with Crippen LogP contribution in [0.25, 0.3) is 11.4 Å². The molecule has 0 fully saturated rings. The van der Waals surface area contributed by atoms with Crippen molar-refractivity contribution in [2.24, 2.45) is 4.99 Å². The molecule has 3 N–H and O–H groups in total. The van der Waals surface area contributed by atoms with Crippen LogP contribution in [0.2, 0.25) is 0 Å². The van der Waals surface area contributed by atoms with Gasteiger partial charge < -0.3 is 15.4 Å². The van der Waals surface area contributed by atoms with Crippen LogP contribution in [-0.4, -0.2) is 51.1 Å². The van der Waals surface area contributed by atoms with E-state index in [0.29, 0.717) is 18.2 Å². The van der Waals surface area contributed by atoms with Crippen LogP contribution in [0.3, 0.4) is 0 Å². The summed E-state index contributed by atoms with van der Waals surface area (Å²) in [6.07, 6.45) is 0.955. The summed E-state index contributed by atoms with van der Waals surface area (Å²) < 4.78 is 7.22. The molecule has 9 heteroatoms. The molecule has 0 aliphatic rings. The van der Waals surface area contributed by atoms with Gasteiger partial charge in [0.25, 0.3) is 0 Å². The van der Waals surface area contributed by atoms with Crippen molar-refractivity contribution < 1.29 is 4.74 Å². The maximum atomic E-state index is 5.19. The van der Waals surface area contributed by atoms with Crippen LogP contribution in [-0.2, 0) is 13.1 Å². The molecule has 0 spiro atoms. The number of aromatic amines is 1. The highest BCUT2D eigenvalue weighted by Gasteiger charge is 2.07. The lowest BCUT2D eigenvalue weighted by Gasteiger charge is -2.11. The topological polar surface area (TPSA) is 105 Å². The van der Waals surface area contributed by atoms with Crippen LogP contribution in [0.15, 0.2) is 35.3 Å². The Labute approximate surface area is 177 Å². The molecule has 0 saturated carbocycles. The average Bonchev–Trinajstić information content (AvgIpc) is 3.35. The number of H-pyrrole nitrogens is 1. The Morgan fingerprint density at radius 2 is 2.00 bits per heavy atom.